The fraction of sp³-hybridized carbons (Fsp3) is 0.905. The number of likely N-dealkylation sites (tertiary alicyclic amines) is 2. The Morgan fingerprint density at radius 1 is 1.15 bits per heavy atom. The van der Waals surface area contributed by atoms with Crippen molar-refractivity contribution in [2.24, 2.45) is 23.2 Å². The average molecular weight is 376 g/mol. The molecule has 150 valence electrons. The van der Waals surface area contributed by atoms with E-state index in [0.29, 0.717) is 47.8 Å². The van der Waals surface area contributed by atoms with Crippen LogP contribution >= 0.6 is 0 Å². The van der Waals surface area contributed by atoms with Gasteiger partial charge in [0, 0.05) is 50.7 Å². The lowest BCUT2D eigenvalue weighted by Crippen LogP contribution is -2.52. The second-order valence-electron chi connectivity index (χ2n) is 9.60. The normalized spacial score (nSPS) is 40.0. The van der Waals surface area contributed by atoms with E-state index >= 15 is 0 Å². The quantitative estimate of drug-likeness (QED) is 0.739. The van der Waals surface area contributed by atoms with Gasteiger partial charge in [-0.15, -0.1) is 0 Å². The molecule has 1 unspecified atom stereocenters. The maximum absolute atomic E-state index is 12.8. The van der Waals surface area contributed by atoms with Crippen molar-refractivity contribution in [2.75, 3.05) is 39.3 Å². The molecule has 0 aromatic rings. The smallest absolute Gasteiger partial charge is 0.409 e. The maximum atomic E-state index is 12.8. The number of hydrogen-bond donors (Lipinski definition) is 0. The number of amides is 2. The summed E-state index contributed by atoms with van der Waals surface area (Å²) in [5, 5.41) is 0. The zero-order chi connectivity index (χ0) is 18.8. The van der Waals surface area contributed by atoms with Gasteiger partial charge in [-0.05, 0) is 63.2 Å². The molecule has 5 fully saturated rings. The summed E-state index contributed by atoms with van der Waals surface area (Å²) in [7, 11) is 0. The van der Waals surface area contributed by atoms with Gasteiger partial charge in [0.25, 0.3) is 0 Å². The number of fused-ring (bicyclic) bond motifs is 1. The Morgan fingerprint density at radius 3 is 2.44 bits per heavy atom. The Kier molecular flexibility index (Phi) is 4.19. The Bertz CT molecular complexity index is 616. The SMILES string of the molecule is CCOC(=O)N1CCC2(CC(N3C[C@@H]4C(C(=O)N(CC)C5CC5)[C@@H]4C3)C2)C1. The van der Waals surface area contributed by atoms with E-state index in [0.717, 1.165) is 39.1 Å². The second kappa shape index (κ2) is 6.36. The van der Waals surface area contributed by atoms with Gasteiger partial charge in [0.05, 0.1) is 6.61 Å². The Morgan fingerprint density at radius 2 is 1.85 bits per heavy atom. The molecular weight excluding hydrogens is 342 g/mol. The number of piperidine rings is 1. The lowest BCUT2D eigenvalue weighted by molar-refractivity contribution is -0.134. The third kappa shape index (κ3) is 2.95. The summed E-state index contributed by atoms with van der Waals surface area (Å²) in [6.45, 7) is 9.28. The highest BCUT2D eigenvalue weighted by atomic mass is 16.6. The maximum Gasteiger partial charge on any atom is 0.409 e. The molecule has 2 aliphatic heterocycles. The van der Waals surface area contributed by atoms with Crippen LogP contribution in [0.1, 0.15) is 46.0 Å². The summed E-state index contributed by atoms with van der Waals surface area (Å²) in [6, 6.07) is 1.22. The first-order valence-corrected chi connectivity index (χ1v) is 11.0. The highest BCUT2D eigenvalue weighted by Gasteiger charge is 2.63. The molecule has 0 bridgehead atoms. The predicted octanol–water partition coefficient (Wildman–Crippen LogP) is 2.19. The van der Waals surface area contributed by atoms with E-state index in [-0.39, 0.29) is 6.09 Å². The second-order valence-corrected chi connectivity index (χ2v) is 9.60. The van der Waals surface area contributed by atoms with Crippen LogP contribution in [0, 0.1) is 23.2 Å². The third-order valence-electron chi connectivity index (χ3n) is 7.94. The summed E-state index contributed by atoms with van der Waals surface area (Å²) in [4.78, 5) is 31.4. The average Bonchev–Trinajstić information content (AvgIpc) is 3.47. The standard InChI is InChI=1S/C21H33N3O3/c1-3-24(14-5-6-14)19(25)18-16-11-23(12-17(16)18)15-9-21(10-15)7-8-22(13-21)20(26)27-4-2/h14-18H,3-13H2,1-2H3/t15?,16-,17+,18?,21?. The summed E-state index contributed by atoms with van der Waals surface area (Å²) in [5.74, 6) is 1.99. The van der Waals surface area contributed by atoms with Crippen LogP contribution in [0.4, 0.5) is 4.79 Å². The molecule has 0 N–H and O–H groups in total. The first kappa shape index (κ1) is 17.8. The predicted molar refractivity (Wildman–Crippen MR) is 101 cm³/mol. The van der Waals surface area contributed by atoms with Crippen molar-refractivity contribution in [2.45, 2.75) is 58.0 Å². The van der Waals surface area contributed by atoms with Crippen molar-refractivity contribution in [3.8, 4) is 0 Å². The van der Waals surface area contributed by atoms with Crippen LogP contribution in [-0.4, -0.2) is 78.1 Å². The molecule has 1 spiro atoms. The number of carbonyl (C=O) groups excluding carboxylic acids is 2. The first-order valence-electron chi connectivity index (χ1n) is 11.0. The van der Waals surface area contributed by atoms with E-state index in [1.165, 1.54) is 25.7 Å². The van der Waals surface area contributed by atoms with Crippen molar-refractivity contribution in [3.05, 3.63) is 0 Å². The lowest BCUT2D eigenvalue weighted by Gasteiger charge is -2.49. The lowest BCUT2D eigenvalue weighted by atomic mass is 9.64. The zero-order valence-corrected chi connectivity index (χ0v) is 16.7. The first-order chi connectivity index (χ1) is 13.0. The Hall–Kier alpha value is -1.30. The van der Waals surface area contributed by atoms with Crippen molar-refractivity contribution in [3.63, 3.8) is 0 Å². The summed E-state index contributed by atoms with van der Waals surface area (Å²) >= 11 is 0. The number of carbonyl (C=O) groups is 2. The molecule has 2 heterocycles. The van der Waals surface area contributed by atoms with Crippen LogP contribution in [0.5, 0.6) is 0 Å². The van der Waals surface area contributed by atoms with Gasteiger partial charge in [-0.2, -0.15) is 0 Å². The molecule has 0 aromatic heterocycles. The molecule has 5 rings (SSSR count). The minimum atomic E-state index is -0.141. The van der Waals surface area contributed by atoms with Crippen LogP contribution < -0.4 is 0 Å². The fourth-order valence-electron chi connectivity index (χ4n) is 6.23. The summed E-state index contributed by atoms with van der Waals surface area (Å²) < 4.78 is 5.16. The van der Waals surface area contributed by atoms with Crippen molar-refractivity contribution >= 4 is 12.0 Å². The fourth-order valence-corrected chi connectivity index (χ4v) is 6.23. The minimum absolute atomic E-state index is 0.141. The molecule has 3 saturated carbocycles. The van der Waals surface area contributed by atoms with E-state index < -0.39 is 0 Å². The summed E-state index contributed by atoms with van der Waals surface area (Å²) in [5.41, 5.74) is 0.338. The van der Waals surface area contributed by atoms with Gasteiger partial charge in [-0.3, -0.25) is 9.69 Å². The van der Waals surface area contributed by atoms with Crippen LogP contribution in [0.25, 0.3) is 0 Å². The molecule has 6 heteroatoms. The monoisotopic (exact) mass is 375 g/mol. The topological polar surface area (TPSA) is 53.1 Å². The number of nitrogens with zero attached hydrogens (tertiary/aromatic N) is 3. The number of hydrogen-bond acceptors (Lipinski definition) is 4. The van der Waals surface area contributed by atoms with E-state index in [4.69, 9.17) is 4.74 Å². The van der Waals surface area contributed by atoms with Crippen LogP contribution in [0.15, 0.2) is 0 Å². The van der Waals surface area contributed by atoms with E-state index in [1.807, 2.05) is 11.8 Å². The van der Waals surface area contributed by atoms with E-state index in [1.54, 1.807) is 0 Å². The molecule has 2 saturated heterocycles. The molecule has 27 heavy (non-hydrogen) atoms. The number of ether oxygens (including phenoxy) is 1. The third-order valence-corrected chi connectivity index (χ3v) is 7.94. The molecule has 0 aromatic carbocycles. The highest BCUT2D eigenvalue weighted by molar-refractivity contribution is 5.83. The Balaban J connectivity index is 1.09. The number of rotatable bonds is 5. The molecule has 0 radical (unpaired) electrons. The van der Waals surface area contributed by atoms with Crippen LogP contribution in [-0.2, 0) is 9.53 Å². The van der Waals surface area contributed by atoms with E-state index in [2.05, 4.69) is 16.7 Å². The van der Waals surface area contributed by atoms with Crippen molar-refractivity contribution in [1.29, 1.82) is 0 Å². The van der Waals surface area contributed by atoms with E-state index in [9.17, 15) is 9.59 Å². The molecule has 2 amide bonds. The summed E-state index contributed by atoms with van der Waals surface area (Å²) in [6.07, 6.45) is 5.82. The van der Waals surface area contributed by atoms with Gasteiger partial charge < -0.3 is 14.5 Å². The highest BCUT2D eigenvalue weighted by Crippen LogP contribution is 2.57. The van der Waals surface area contributed by atoms with Crippen molar-refractivity contribution in [1.82, 2.24) is 14.7 Å². The molecular formula is C21H33N3O3. The minimum Gasteiger partial charge on any atom is -0.450 e. The molecule has 6 nitrogen and oxygen atoms in total. The largest absolute Gasteiger partial charge is 0.450 e. The molecule has 3 aliphatic carbocycles. The van der Waals surface area contributed by atoms with Crippen molar-refractivity contribution < 1.29 is 14.3 Å². The van der Waals surface area contributed by atoms with Crippen LogP contribution in [0.2, 0.25) is 0 Å². The van der Waals surface area contributed by atoms with Gasteiger partial charge in [0.15, 0.2) is 0 Å². The van der Waals surface area contributed by atoms with Gasteiger partial charge >= 0.3 is 6.09 Å². The van der Waals surface area contributed by atoms with Gasteiger partial charge in [-0.25, -0.2) is 4.79 Å². The van der Waals surface area contributed by atoms with Gasteiger partial charge in [-0.1, -0.05) is 0 Å². The van der Waals surface area contributed by atoms with Crippen LogP contribution in [0.3, 0.4) is 0 Å². The molecule has 3 atom stereocenters. The van der Waals surface area contributed by atoms with Gasteiger partial charge in [0.2, 0.25) is 5.91 Å². The zero-order valence-electron chi connectivity index (χ0n) is 16.7. The Labute approximate surface area is 162 Å². The molecule has 5 aliphatic rings. The van der Waals surface area contributed by atoms with Gasteiger partial charge in [0.1, 0.15) is 0 Å².